The first-order valence-corrected chi connectivity index (χ1v) is 5.84. The maximum absolute atomic E-state index is 10.6. The molecule has 0 aliphatic rings. The Morgan fingerprint density at radius 1 is 1.38 bits per heavy atom. The van der Waals surface area contributed by atoms with E-state index in [-0.39, 0.29) is 5.54 Å². The number of rotatable bonds is 4. The summed E-state index contributed by atoms with van der Waals surface area (Å²) in [4.78, 5) is 0. The van der Waals surface area contributed by atoms with Crippen LogP contribution in [0.15, 0.2) is 0 Å². The van der Waals surface area contributed by atoms with Crippen LogP contribution >= 0.6 is 0 Å². The molecule has 0 saturated heterocycles. The minimum atomic E-state index is -3.86. The van der Waals surface area contributed by atoms with Crippen LogP contribution < -0.4 is 5.32 Å². The summed E-state index contributed by atoms with van der Waals surface area (Å²) in [6.07, 6.45) is 0.427. The average Bonchev–Trinajstić information content (AvgIpc) is 1.82. The SMILES string of the molecule is CC(CCNC(C)(C)C)S(=O)(=O)O. The largest absolute Gasteiger partial charge is 0.312 e. The van der Waals surface area contributed by atoms with Crippen molar-refractivity contribution in [3.63, 3.8) is 0 Å². The van der Waals surface area contributed by atoms with Crippen LogP contribution in [-0.2, 0) is 10.1 Å². The summed E-state index contributed by atoms with van der Waals surface area (Å²) in [5, 5.41) is 2.46. The fraction of sp³-hybridized carbons (Fsp3) is 1.00. The molecule has 0 aliphatic carbocycles. The van der Waals surface area contributed by atoms with Crippen LogP contribution in [0.5, 0.6) is 0 Å². The third kappa shape index (κ3) is 6.98. The van der Waals surface area contributed by atoms with E-state index in [0.29, 0.717) is 13.0 Å². The van der Waals surface area contributed by atoms with Gasteiger partial charge in [0.25, 0.3) is 10.1 Å². The summed E-state index contributed by atoms with van der Waals surface area (Å²) in [5.41, 5.74) is -0.0149. The molecule has 5 heteroatoms. The van der Waals surface area contributed by atoms with Crippen LogP contribution in [0.1, 0.15) is 34.1 Å². The first-order chi connectivity index (χ1) is 5.63. The fourth-order valence-corrected chi connectivity index (χ4v) is 1.22. The smallest absolute Gasteiger partial charge is 0.267 e. The van der Waals surface area contributed by atoms with E-state index < -0.39 is 15.4 Å². The zero-order chi connectivity index (χ0) is 10.7. The molecular formula is C8H19NO3S. The Morgan fingerprint density at radius 2 is 1.85 bits per heavy atom. The molecule has 4 nitrogen and oxygen atoms in total. The molecule has 80 valence electrons. The van der Waals surface area contributed by atoms with Crippen molar-refractivity contribution in [1.29, 1.82) is 0 Å². The van der Waals surface area contributed by atoms with E-state index in [1.54, 1.807) is 0 Å². The van der Waals surface area contributed by atoms with Crippen LogP contribution in [-0.4, -0.2) is 30.3 Å². The molecule has 0 bridgehead atoms. The highest BCUT2D eigenvalue weighted by atomic mass is 32.2. The van der Waals surface area contributed by atoms with E-state index in [1.807, 2.05) is 20.8 Å². The fourth-order valence-electron chi connectivity index (χ4n) is 0.799. The van der Waals surface area contributed by atoms with Crippen molar-refractivity contribution >= 4 is 10.1 Å². The van der Waals surface area contributed by atoms with E-state index in [9.17, 15) is 8.42 Å². The second kappa shape index (κ2) is 4.39. The molecule has 0 saturated carbocycles. The van der Waals surface area contributed by atoms with Gasteiger partial charge in [-0.3, -0.25) is 4.55 Å². The molecule has 13 heavy (non-hydrogen) atoms. The quantitative estimate of drug-likeness (QED) is 0.679. The van der Waals surface area contributed by atoms with Crippen molar-refractivity contribution in [3.05, 3.63) is 0 Å². The van der Waals surface area contributed by atoms with Crippen LogP contribution in [0.2, 0.25) is 0 Å². The van der Waals surface area contributed by atoms with Gasteiger partial charge in [0.2, 0.25) is 0 Å². The normalized spacial score (nSPS) is 15.8. The van der Waals surface area contributed by atoms with Gasteiger partial charge in [-0.25, -0.2) is 0 Å². The van der Waals surface area contributed by atoms with E-state index >= 15 is 0 Å². The van der Waals surface area contributed by atoms with Gasteiger partial charge in [0, 0.05) is 5.54 Å². The van der Waals surface area contributed by atoms with Crippen molar-refractivity contribution in [2.45, 2.75) is 44.9 Å². The molecule has 0 aromatic heterocycles. The van der Waals surface area contributed by atoms with Gasteiger partial charge in [-0.15, -0.1) is 0 Å². The highest BCUT2D eigenvalue weighted by Gasteiger charge is 2.17. The zero-order valence-corrected chi connectivity index (χ0v) is 9.48. The van der Waals surface area contributed by atoms with E-state index in [2.05, 4.69) is 5.32 Å². The lowest BCUT2D eigenvalue weighted by molar-refractivity contribution is 0.412. The molecule has 0 aromatic rings. The standard InChI is InChI=1S/C8H19NO3S/c1-7(13(10,11)12)5-6-9-8(2,3)4/h7,9H,5-6H2,1-4H3,(H,10,11,12). The van der Waals surface area contributed by atoms with Crippen LogP contribution in [0.3, 0.4) is 0 Å². The van der Waals surface area contributed by atoms with Gasteiger partial charge < -0.3 is 5.32 Å². The van der Waals surface area contributed by atoms with Crippen molar-refractivity contribution in [2.75, 3.05) is 6.54 Å². The van der Waals surface area contributed by atoms with Gasteiger partial charge in [-0.05, 0) is 40.7 Å². The van der Waals surface area contributed by atoms with Gasteiger partial charge in [0.1, 0.15) is 0 Å². The Balaban J connectivity index is 3.80. The summed E-state index contributed by atoms with van der Waals surface area (Å²) >= 11 is 0. The Labute approximate surface area is 80.5 Å². The maximum atomic E-state index is 10.6. The molecule has 0 spiro atoms. The molecule has 0 aliphatic heterocycles. The summed E-state index contributed by atoms with van der Waals surface area (Å²) in [6.45, 7) is 8.10. The summed E-state index contributed by atoms with van der Waals surface area (Å²) in [7, 11) is -3.86. The van der Waals surface area contributed by atoms with Crippen LogP contribution in [0.4, 0.5) is 0 Å². The van der Waals surface area contributed by atoms with Gasteiger partial charge in [0.15, 0.2) is 0 Å². The molecule has 1 unspecified atom stereocenters. The zero-order valence-electron chi connectivity index (χ0n) is 8.66. The molecular weight excluding hydrogens is 190 g/mol. The molecule has 0 heterocycles. The predicted octanol–water partition coefficient (Wildman–Crippen LogP) is 1.04. The monoisotopic (exact) mass is 209 g/mol. The lowest BCUT2D eigenvalue weighted by atomic mass is 10.1. The summed E-state index contributed by atoms with van der Waals surface area (Å²) in [5.74, 6) is 0. The highest BCUT2D eigenvalue weighted by Crippen LogP contribution is 2.04. The highest BCUT2D eigenvalue weighted by molar-refractivity contribution is 7.86. The molecule has 0 radical (unpaired) electrons. The van der Waals surface area contributed by atoms with Crippen molar-refractivity contribution in [2.24, 2.45) is 0 Å². The van der Waals surface area contributed by atoms with Gasteiger partial charge in [0.05, 0.1) is 5.25 Å². The number of nitrogens with one attached hydrogen (secondary N) is 1. The third-order valence-electron chi connectivity index (χ3n) is 1.71. The second-order valence-electron chi connectivity index (χ2n) is 4.29. The minimum absolute atomic E-state index is 0.0149. The average molecular weight is 209 g/mol. The molecule has 0 fully saturated rings. The van der Waals surface area contributed by atoms with Crippen molar-refractivity contribution < 1.29 is 13.0 Å². The maximum Gasteiger partial charge on any atom is 0.267 e. The molecule has 0 rings (SSSR count). The summed E-state index contributed by atoms with van der Waals surface area (Å²) < 4.78 is 29.9. The number of hydrogen-bond donors (Lipinski definition) is 2. The molecule has 1 atom stereocenters. The van der Waals surface area contributed by atoms with E-state index in [1.165, 1.54) is 6.92 Å². The summed E-state index contributed by atoms with van der Waals surface area (Å²) in [6, 6.07) is 0. The van der Waals surface area contributed by atoms with Gasteiger partial charge >= 0.3 is 0 Å². The predicted molar refractivity (Wildman–Crippen MR) is 53.4 cm³/mol. The lowest BCUT2D eigenvalue weighted by Crippen LogP contribution is -2.38. The van der Waals surface area contributed by atoms with Crippen molar-refractivity contribution in [3.8, 4) is 0 Å². The van der Waals surface area contributed by atoms with Gasteiger partial charge in [-0.1, -0.05) is 0 Å². The second-order valence-corrected chi connectivity index (χ2v) is 6.13. The molecule has 0 amide bonds. The first kappa shape index (κ1) is 12.9. The lowest BCUT2D eigenvalue weighted by Gasteiger charge is -2.21. The number of hydrogen-bond acceptors (Lipinski definition) is 3. The van der Waals surface area contributed by atoms with Gasteiger partial charge in [-0.2, -0.15) is 8.42 Å². The third-order valence-corrected chi connectivity index (χ3v) is 2.97. The Hall–Kier alpha value is -0.130. The topological polar surface area (TPSA) is 66.4 Å². The Bertz CT molecular complexity index is 241. The van der Waals surface area contributed by atoms with Crippen LogP contribution in [0.25, 0.3) is 0 Å². The minimum Gasteiger partial charge on any atom is -0.312 e. The van der Waals surface area contributed by atoms with E-state index in [0.717, 1.165) is 0 Å². The van der Waals surface area contributed by atoms with Crippen LogP contribution in [0, 0.1) is 0 Å². The molecule has 2 N–H and O–H groups in total. The first-order valence-electron chi connectivity index (χ1n) is 4.34. The molecule has 0 aromatic carbocycles. The Kier molecular flexibility index (Phi) is 4.35. The van der Waals surface area contributed by atoms with Crippen molar-refractivity contribution in [1.82, 2.24) is 5.32 Å². The van der Waals surface area contributed by atoms with E-state index in [4.69, 9.17) is 4.55 Å². The Morgan fingerprint density at radius 3 is 2.15 bits per heavy atom.